The predicted octanol–water partition coefficient (Wildman–Crippen LogP) is 15.3. The van der Waals surface area contributed by atoms with Crippen LogP contribution < -0.4 is 0 Å². The van der Waals surface area contributed by atoms with Gasteiger partial charge in [0.2, 0.25) is 0 Å². The molecule has 0 saturated carbocycles. The molecule has 0 aromatic heterocycles. The minimum Gasteiger partial charge on any atom is -0.0622 e. The van der Waals surface area contributed by atoms with Gasteiger partial charge < -0.3 is 0 Å². The van der Waals surface area contributed by atoms with Gasteiger partial charge in [-0.2, -0.15) is 0 Å². The second-order valence-corrected chi connectivity index (χ2v) is 14.4. The van der Waals surface area contributed by atoms with E-state index in [9.17, 15) is 0 Å². The lowest BCUT2D eigenvalue weighted by molar-refractivity contribution is 1.57. The average molecular weight is 683 g/mol. The second-order valence-electron chi connectivity index (χ2n) is 14.4. The first-order valence-corrected chi connectivity index (χ1v) is 18.7. The molecule has 0 saturated heterocycles. The Morgan fingerprint density at radius 2 is 0.370 bits per heavy atom. The number of hydrogen-bond donors (Lipinski definition) is 0. The molecule has 250 valence electrons. The molecular formula is C54H34. The van der Waals surface area contributed by atoms with Crippen molar-refractivity contribution >= 4 is 64.6 Å². The van der Waals surface area contributed by atoms with Gasteiger partial charge in [0, 0.05) is 0 Å². The van der Waals surface area contributed by atoms with Crippen LogP contribution >= 0.6 is 0 Å². The van der Waals surface area contributed by atoms with Gasteiger partial charge in [0.05, 0.1) is 0 Å². The van der Waals surface area contributed by atoms with Crippen LogP contribution in [0.5, 0.6) is 0 Å². The van der Waals surface area contributed by atoms with Crippen molar-refractivity contribution < 1.29 is 0 Å². The largest absolute Gasteiger partial charge is 0.0622 e. The maximum Gasteiger partial charge on any atom is -0.00928 e. The Morgan fingerprint density at radius 3 is 0.741 bits per heavy atom. The van der Waals surface area contributed by atoms with Crippen molar-refractivity contribution in [1.29, 1.82) is 0 Å². The highest BCUT2D eigenvalue weighted by Gasteiger charge is 2.14. The Morgan fingerprint density at radius 1 is 0.130 bits per heavy atom. The molecule has 0 spiro atoms. The lowest BCUT2D eigenvalue weighted by atomic mass is 9.88. The van der Waals surface area contributed by atoms with Gasteiger partial charge in [-0.3, -0.25) is 0 Å². The Hall–Kier alpha value is -7.02. The highest BCUT2D eigenvalue weighted by atomic mass is 14.2. The van der Waals surface area contributed by atoms with Crippen LogP contribution in [0.25, 0.3) is 109 Å². The van der Waals surface area contributed by atoms with Gasteiger partial charge in [0.15, 0.2) is 0 Å². The first kappa shape index (κ1) is 30.6. The number of benzene rings is 11. The summed E-state index contributed by atoms with van der Waals surface area (Å²) >= 11 is 0. The lowest BCUT2D eigenvalue weighted by Gasteiger charge is -2.15. The van der Waals surface area contributed by atoms with Crippen molar-refractivity contribution in [3.8, 4) is 44.5 Å². The van der Waals surface area contributed by atoms with E-state index in [-0.39, 0.29) is 0 Å². The van der Waals surface area contributed by atoms with E-state index in [1.165, 1.54) is 109 Å². The molecule has 0 heteroatoms. The van der Waals surface area contributed by atoms with E-state index in [0.29, 0.717) is 0 Å². The standard InChI is InChI=1S/C54H34/c1-2-12-35(13-3-1)36-22-24-37(25-23-36)40-30-41(38-26-28-51-47-18-6-4-14-43(47)45-16-8-10-20-49(45)53(51)33-38)32-42(31-40)39-27-29-52-48-19-7-5-15-44(48)46-17-9-11-21-50(46)54(52)34-39/h1-34H. The lowest BCUT2D eigenvalue weighted by Crippen LogP contribution is -1.89. The van der Waals surface area contributed by atoms with Gasteiger partial charge in [0.25, 0.3) is 0 Å². The summed E-state index contributed by atoms with van der Waals surface area (Å²) < 4.78 is 0. The van der Waals surface area contributed by atoms with Crippen LogP contribution in [0.3, 0.4) is 0 Å². The summed E-state index contributed by atoms with van der Waals surface area (Å²) in [5.41, 5.74) is 9.69. The minimum absolute atomic E-state index is 1.20. The van der Waals surface area contributed by atoms with Gasteiger partial charge >= 0.3 is 0 Å². The first-order valence-electron chi connectivity index (χ1n) is 18.7. The average Bonchev–Trinajstić information content (AvgIpc) is 3.26. The van der Waals surface area contributed by atoms with Gasteiger partial charge in [-0.05, 0) is 139 Å². The van der Waals surface area contributed by atoms with E-state index < -0.39 is 0 Å². The van der Waals surface area contributed by atoms with E-state index in [4.69, 9.17) is 0 Å². The van der Waals surface area contributed by atoms with Gasteiger partial charge in [-0.25, -0.2) is 0 Å². The third-order valence-electron chi connectivity index (χ3n) is 11.4. The van der Waals surface area contributed by atoms with Crippen LogP contribution in [0, 0.1) is 0 Å². The molecule has 0 heterocycles. The summed E-state index contributed by atoms with van der Waals surface area (Å²) in [6.07, 6.45) is 0. The molecule has 11 aromatic carbocycles. The summed E-state index contributed by atoms with van der Waals surface area (Å²) in [6, 6.07) is 76.2. The maximum absolute atomic E-state index is 2.41. The minimum atomic E-state index is 1.20. The van der Waals surface area contributed by atoms with E-state index in [1.807, 2.05) is 0 Å². The molecule has 0 fully saturated rings. The fraction of sp³-hybridized carbons (Fsp3) is 0. The molecule has 0 bridgehead atoms. The maximum atomic E-state index is 2.41. The third-order valence-corrected chi connectivity index (χ3v) is 11.4. The van der Waals surface area contributed by atoms with Gasteiger partial charge in [-0.1, -0.05) is 176 Å². The SMILES string of the molecule is c1ccc(-c2ccc(-c3cc(-c4ccc5c6ccccc6c6ccccc6c5c4)cc(-c4ccc5c6ccccc6c6ccccc6c5c4)c3)cc2)cc1. The molecule has 11 aromatic rings. The van der Waals surface area contributed by atoms with Crippen LogP contribution in [0.2, 0.25) is 0 Å². The van der Waals surface area contributed by atoms with Crippen LogP contribution in [0.15, 0.2) is 206 Å². The molecule has 0 aliphatic carbocycles. The second kappa shape index (κ2) is 12.3. The third kappa shape index (κ3) is 4.92. The topological polar surface area (TPSA) is 0 Å². The molecule has 0 nitrogen and oxygen atoms in total. The molecule has 0 radical (unpaired) electrons. The Bertz CT molecular complexity index is 2990. The van der Waals surface area contributed by atoms with Crippen molar-refractivity contribution in [2.75, 3.05) is 0 Å². The van der Waals surface area contributed by atoms with Crippen LogP contribution in [-0.4, -0.2) is 0 Å². The molecule has 0 unspecified atom stereocenters. The zero-order valence-corrected chi connectivity index (χ0v) is 29.6. The fourth-order valence-corrected chi connectivity index (χ4v) is 8.79. The zero-order chi connectivity index (χ0) is 35.6. The van der Waals surface area contributed by atoms with E-state index in [2.05, 4.69) is 206 Å². The zero-order valence-electron chi connectivity index (χ0n) is 29.6. The molecule has 0 aliphatic heterocycles. The van der Waals surface area contributed by atoms with Crippen molar-refractivity contribution in [2.24, 2.45) is 0 Å². The molecule has 0 atom stereocenters. The monoisotopic (exact) mass is 682 g/mol. The van der Waals surface area contributed by atoms with Crippen molar-refractivity contribution in [3.63, 3.8) is 0 Å². The summed E-state index contributed by atoms with van der Waals surface area (Å²) in [4.78, 5) is 0. The van der Waals surface area contributed by atoms with E-state index in [0.717, 1.165) is 0 Å². The highest BCUT2D eigenvalue weighted by molar-refractivity contribution is 6.27. The summed E-state index contributed by atoms with van der Waals surface area (Å²) in [5, 5.41) is 15.5. The molecule has 0 aliphatic rings. The van der Waals surface area contributed by atoms with Gasteiger partial charge in [-0.15, -0.1) is 0 Å². The van der Waals surface area contributed by atoms with Crippen molar-refractivity contribution in [2.45, 2.75) is 0 Å². The van der Waals surface area contributed by atoms with Crippen LogP contribution in [-0.2, 0) is 0 Å². The normalized spacial score (nSPS) is 11.7. The van der Waals surface area contributed by atoms with E-state index >= 15 is 0 Å². The fourth-order valence-electron chi connectivity index (χ4n) is 8.79. The highest BCUT2D eigenvalue weighted by Crippen LogP contribution is 2.41. The molecule has 0 amide bonds. The number of fused-ring (bicyclic) bond motifs is 12. The summed E-state index contributed by atoms with van der Waals surface area (Å²) in [6.45, 7) is 0. The van der Waals surface area contributed by atoms with E-state index in [1.54, 1.807) is 0 Å². The molecule has 0 N–H and O–H groups in total. The van der Waals surface area contributed by atoms with Crippen LogP contribution in [0.4, 0.5) is 0 Å². The summed E-state index contributed by atoms with van der Waals surface area (Å²) in [7, 11) is 0. The number of rotatable bonds is 4. The van der Waals surface area contributed by atoms with Crippen LogP contribution in [0.1, 0.15) is 0 Å². The molecule has 11 rings (SSSR count). The van der Waals surface area contributed by atoms with Crippen molar-refractivity contribution in [3.05, 3.63) is 206 Å². The van der Waals surface area contributed by atoms with Gasteiger partial charge in [0.1, 0.15) is 0 Å². The first-order chi connectivity index (χ1) is 26.8. The van der Waals surface area contributed by atoms with Crippen molar-refractivity contribution in [1.82, 2.24) is 0 Å². The predicted molar refractivity (Wildman–Crippen MR) is 233 cm³/mol. The Labute approximate surface area is 314 Å². The Balaban J connectivity index is 1.14. The smallest absolute Gasteiger partial charge is 0.00928 e. The number of hydrogen-bond acceptors (Lipinski definition) is 0. The summed E-state index contributed by atoms with van der Waals surface area (Å²) in [5.74, 6) is 0. The quantitative estimate of drug-likeness (QED) is 0.162. The Kier molecular flexibility index (Phi) is 6.97. The molecular weight excluding hydrogens is 649 g/mol. The molecule has 54 heavy (non-hydrogen) atoms.